The van der Waals surface area contributed by atoms with Crippen molar-refractivity contribution in [2.75, 3.05) is 13.1 Å². The first kappa shape index (κ1) is 17.4. The third-order valence-electron chi connectivity index (χ3n) is 3.44. The largest absolute Gasteiger partial charge is 0.335 e. The van der Waals surface area contributed by atoms with Crippen molar-refractivity contribution in [2.45, 2.75) is 38.6 Å². The SMILES string of the molecule is CCCc1[nH]nc(C(=O)N2CCCC(N)C2)c1[N+](=O)[O-].Cl. The lowest BCUT2D eigenvalue weighted by Gasteiger charge is -2.29. The van der Waals surface area contributed by atoms with Crippen LogP contribution in [0.5, 0.6) is 0 Å². The van der Waals surface area contributed by atoms with E-state index in [1.807, 2.05) is 6.92 Å². The van der Waals surface area contributed by atoms with Crippen molar-refractivity contribution >= 4 is 24.0 Å². The Labute approximate surface area is 128 Å². The van der Waals surface area contributed by atoms with Gasteiger partial charge in [-0.1, -0.05) is 13.3 Å². The first-order chi connectivity index (χ1) is 9.54. The molecule has 1 aliphatic rings. The van der Waals surface area contributed by atoms with Crippen molar-refractivity contribution in [3.63, 3.8) is 0 Å². The van der Waals surface area contributed by atoms with Crippen molar-refractivity contribution in [2.24, 2.45) is 5.73 Å². The number of nitrogens with two attached hydrogens (primary N) is 1. The summed E-state index contributed by atoms with van der Waals surface area (Å²) in [6, 6.07) is -0.0687. The lowest BCUT2D eigenvalue weighted by atomic mass is 10.1. The molecule has 1 fully saturated rings. The average molecular weight is 318 g/mol. The molecule has 1 amide bonds. The van der Waals surface area contributed by atoms with Gasteiger partial charge < -0.3 is 10.6 Å². The van der Waals surface area contributed by atoms with Crippen molar-refractivity contribution in [1.29, 1.82) is 0 Å². The van der Waals surface area contributed by atoms with Crippen LogP contribution in [-0.4, -0.2) is 45.1 Å². The summed E-state index contributed by atoms with van der Waals surface area (Å²) in [5.41, 5.74) is 5.94. The Morgan fingerprint density at radius 1 is 1.62 bits per heavy atom. The van der Waals surface area contributed by atoms with E-state index in [1.165, 1.54) is 0 Å². The number of piperidine rings is 1. The fourth-order valence-corrected chi connectivity index (χ4v) is 2.49. The summed E-state index contributed by atoms with van der Waals surface area (Å²) in [6.07, 6.45) is 2.92. The molecule has 1 saturated heterocycles. The van der Waals surface area contributed by atoms with Gasteiger partial charge in [0.05, 0.1) is 4.92 Å². The van der Waals surface area contributed by atoms with Crippen LogP contribution < -0.4 is 5.73 Å². The molecule has 0 spiro atoms. The molecule has 9 heteroatoms. The predicted molar refractivity (Wildman–Crippen MR) is 79.6 cm³/mol. The van der Waals surface area contributed by atoms with Crippen LogP contribution in [0.4, 0.5) is 5.69 Å². The van der Waals surface area contributed by atoms with Gasteiger partial charge in [0.1, 0.15) is 5.69 Å². The number of carbonyl (C=O) groups excluding carboxylic acids is 1. The molecule has 2 heterocycles. The van der Waals surface area contributed by atoms with Crippen molar-refractivity contribution in [3.05, 3.63) is 21.5 Å². The van der Waals surface area contributed by atoms with E-state index >= 15 is 0 Å². The average Bonchev–Trinajstić information content (AvgIpc) is 2.82. The second kappa shape index (κ2) is 7.37. The molecule has 1 aromatic heterocycles. The quantitative estimate of drug-likeness (QED) is 0.640. The van der Waals surface area contributed by atoms with E-state index in [0.29, 0.717) is 25.2 Å². The van der Waals surface area contributed by atoms with Crippen LogP contribution in [0.1, 0.15) is 42.4 Å². The van der Waals surface area contributed by atoms with E-state index < -0.39 is 10.8 Å². The molecule has 8 nitrogen and oxygen atoms in total. The number of hydrogen-bond acceptors (Lipinski definition) is 5. The Hall–Kier alpha value is -1.67. The molecule has 1 aliphatic heterocycles. The molecule has 0 aromatic carbocycles. The first-order valence-corrected chi connectivity index (χ1v) is 6.81. The molecule has 21 heavy (non-hydrogen) atoms. The molecule has 1 atom stereocenters. The van der Waals surface area contributed by atoms with Gasteiger partial charge in [0.2, 0.25) is 5.69 Å². The number of halogens is 1. The van der Waals surface area contributed by atoms with Gasteiger partial charge in [-0.15, -0.1) is 12.4 Å². The number of amides is 1. The topological polar surface area (TPSA) is 118 Å². The van der Waals surface area contributed by atoms with Gasteiger partial charge in [0.15, 0.2) is 0 Å². The summed E-state index contributed by atoms with van der Waals surface area (Å²) in [6.45, 7) is 2.90. The van der Waals surface area contributed by atoms with Gasteiger partial charge in [-0.05, 0) is 19.3 Å². The Morgan fingerprint density at radius 2 is 2.33 bits per heavy atom. The van der Waals surface area contributed by atoms with Crippen LogP contribution in [0, 0.1) is 10.1 Å². The highest BCUT2D eigenvalue weighted by Gasteiger charge is 2.33. The fraction of sp³-hybridized carbons (Fsp3) is 0.667. The van der Waals surface area contributed by atoms with E-state index in [0.717, 1.165) is 19.3 Å². The monoisotopic (exact) mass is 317 g/mol. The standard InChI is InChI=1S/C12H19N5O3.ClH/c1-2-4-9-11(17(19)20)10(15-14-9)12(18)16-6-3-5-8(13)7-16;/h8H,2-7,13H2,1H3,(H,14,15);1H. The predicted octanol–water partition coefficient (Wildman–Crippen LogP) is 1.26. The molecule has 0 bridgehead atoms. The Bertz CT molecular complexity index is 519. The molecular formula is C12H20ClN5O3. The van der Waals surface area contributed by atoms with E-state index in [1.54, 1.807) is 4.90 Å². The maximum absolute atomic E-state index is 12.4. The molecule has 0 radical (unpaired) electrons. The summed E-state index contributed by atoms with van der Waals surface area (Å²) in [5, 5.41) is 17.7. The number of hydrogen-bond donors (Lipinski definition) is 2. The van der Waals surface area contributed by atoms with Crippen LogP contribution in [-0.2, 0) is 6.42 Å². The molecule has 0 saturated carbocycles. The second-order valence-electron chi connectivity index (χ2n) is 5.06. The van der Waals surface area contributed by atoms with E-state index in [9.17, 15) is 14.9 Å². The summed E-state index contributed by atoms with van der Waals surface area (Å²) < 4.78 is 0. The van der Waals surface area contributed by atoms with E-state index in [2.05, 4.69) is 10.2 Å². The van der Waals surface area contributed by atoms with Crippen LogP contribution in [0.25, 0.3) is 0 Å². The van der Waals surface area contributed by atoms with Gasteiger partial charge in [-0.25, -0.2) is 0 Å². The lowest BCUT2D eigenvalue weighted by Crippen LogP contribution is -2.45. The van der Waals surface area contributed by atoms with Gasteiger partial charge in [-0.2, -0.15) is 5.10 Å². The number of carbonyl (C=O) groups is 1. The highest BCUT2D eigenvalue weighted by atomic mass is 35.5. The number of nitro groups is 1. The molecule has 3 N–H and O–H groups in total. The smallest absolute Gasteiger partial charge is 0.322 e. The number of likely N-dealkylation sites (tertiary alicyclic amines) is 1. The van der Waals surface area contributed by atoms with Crippen LogP contribution >= 0.6 is 12.4 Å². The van der Waals surface area contributed by atoms with Gasteiger partial charge in [0.25, 0.3) is 5.91 Å². The minimum atomic E-state index is -0.536. The molecule has 1 aromatic rings. The number of H-pyrrole nitrogens is 1. The number of aryl methyl sites for hydroxylation is 1. The highest BCUT2D eigenvalue weighted by Crippen LogP contribution is 2.24. The third kappa shape index (κ3) is 3.70. The number of aromatic amines is 1. The van der Waals surface area contributed by atoms with Crippen molar-refractivity contribution in [1.82, 2.24) is 15.1 Å². The Kier molecular flexibility index (Phi) is 6.10. The minimum Gasteiger partial charge on any atom is -0.335 e. The summed E-state index contributed by atoms with van der Waals surface area (Å²) in [5.74, 6) is -0.412. The van der Waals surface area contributed by atoms with Crippen molar-refractivity contribution < 1.29 is 9.72 Å². The number of nitrogens with zero attached hydrogens (tertiary/aromatic N) is 3. The zero-order chi connectivity index (χ0) is 14.7. The third-order valence-corrected chi connectivity index (χ3v) is 3.44. The fourth-order valence-electron chi connectivity index (χ4n) is 2.49. The normalized spacial score (nSPS) is 18.2. The van der Waals surface area contributed by atoms with Gasteiger partial charge in [-0.3, -0.25) is 20.0 Å². The summed E-state index contributed by atoms with van der Waals surface area (Å²) in [7, 11) is 0. The van der Waals surface area contributed by atoms with Crippen molar-refractivity contribution in [3.8, 4) is 0 Å². The van der Waals surface area contributed by atoms with E-state index in [4.69, 9.17) is 5.73 Å². The van der Waals surface area contributed by atoms with Crippen LogP contribution in [0.15, 0.2) is 0 Å². The zero-order valence-electron chi connectivity index (χ0n) is 11.9. The first-order valence-electron chi connectivity index (χ1n) is 6.81. The number of aromatic nitrogens is 2. The zero-order valence-corrected chi connectivity index (χ0v) is 12.7. The second-order valence-corrected chi connectivity index (χ2v) is 5.06. The molecule has 118 valence electrons. The molecule has 2 rings (SSSR count). The summed E-state index contributed by atoms with van der Waals surface area (Å²) >= 11 is 0. The van der Waals surface area contributed by atoms with E-state index in [-0.39, 0.29) is 29.8 Å². The lowest BCUT2D eigenvalue weighted by molar-refractivity contribution is -0.385. The van der Waals surface area contributed by atoms with Gasteiger partial charge in [0, 0.05) is 19.1 Å². The summed E-state index contributed by atoms with van der Waals surface area (Å²) in [4.78, 5) is 24.6. The Morgan fingerprint density at radius 3 is 2.90 bits per heavy atom. The van der Waals surface area contributed by atoms with Crippen LogP contribution in [0.3, 0.4) is 0 Å². The number of rotatable bonds is 4. The minimum absolute atomic E-state index is 0. The molecule has 1 unspecified atom stereocenters. The van der Waals surface area contributed by atoms with Gasteiger partial charge >= 0.3 is 5.69 Å². The maximum Gasteiger partial charge on any atom is 0.322 e. The molecular weight excluding hydrogens is 298 g/mol. The highest BCUT2D eigenvalue weighted by molar-refractivity contribution is 5.96. The maximum atomic E-state index is 12.4. The molecule has 0 aliphatic carbocycles. The van der Waals surface area contributed by atoms with Crippen LogP contribution in [0.2, 0.25) is 0 Å². The Balaban J connectivity index is 0.00000220. The number of nitrogens with one attached hydrogen (secondary N) is 1.